The molecule has 0 radical (unpaired) electrons. The molecule has 1 fully saturated rings. The van der Waals surface area contributed by atoms with Gasteiger partial charge in [-0.3, -0.25) is 9.69 Å². The Morgan fingerprint density at radius 1 is 1.50 bits per heavy atom. The molecule has 0 spiro atoms. The van der Waals surface area contributed by atoms with Gasteiger partial charge < -0.3 is 5.11 Å². The number of benzene rings is 1. The average Bonchev–Trinajstić information content (AvgIpc) is 2.65. The molecule has 2 rings (SSSR count). The summed E-state index contributed by atoms with van der Waals surface area (Å²) in [6.07, 6.45) is 0. The van der Waals surface area contributed by atoms with Crippen LogP contribution in [0, 0.1) is 24.6 Å². The summed E-state index contributed by atoms with van der Waals surface area (Å²) in [5.74, 6) is -1.19. The highest BCUT2D eigenvalue weighted by molar-refractivity contribution is 5.71. The Bertz CT molecular complexity index is 461. The highest BCUT2D eigenvalue weighted by atomic mass is 19.1. The largest absolute Gasteiger partial charge is 0.481 e. The molecule has 2 unspecified atom stereocenters. The van der Waals surface area contributed by atoms with Crippen LogP contribution in [0.1, 0.15) is 18.1 Å². The monoisotopic (exact) mass is 251 g/mol. The lowest BCUT2D eigenvalue weighted by Crippen LogP contribution is -2.23. The fourth-order valence-electron chi connectivity index (χ4n) is 2.58. The first-order chi connectivity index (χ1) is 8.47. The van der Waals surface area contributed by atoms with Crippen LogP contribution in [0.25, 0.3) is 0 Å². The van der Waals surface area contributed by atoms with Gasteiger partial charge in [-0.25, -0.2) is 4.39 Å². The van der Waals surface area contributed by atoms with Gasteiger partial charge in [0.1, 0.15) is 5.82 Å². The summed E-state index contributed by atoms with van der Waals surface area (Å²) < 4.78 is 13.6. The number of rotatable bonds is 3. The Morgan fingerprint density at radius 3 is 2.83 bits per heavy atom. The van der Waals surface area contributed by atoms with Gasteiger partial charge in [-0.2, -0.15) is 0 Å². The quantitative estimate of drug-likeness (QED) is 0.896. The third-order valence-electron chi connectivity index (χ3n) is 3.60. The Kier molecular flexibility index (Phi) is 3.66. The molecule has 1 N–H and O–H groups in total. The fourth-order valence-corrected chi connectivity index (χ4v) is 2.58. The lowest BCUT2D eigenvalue weighted by Gasteiger charge is -2.16. The predicted octanol–water partition coefficient (Wildman–Crippen LogP) is 2.29. The van der Waals surface area contributed by atoms with Crippen LogP contribution >= 0.6 is 0 Å². The number of halogens is 1. The van der Waals surface area contributed by atoms with Crippen LogP contribution in [-0.4, -0.2) is 29.1 Å². The van der Waals surface area contributed by atoms with Crippen molar-refractivity contribution in [1.82, 2.24) is 4.90 Å². The molecule has 3 nitrogen and oxygen atoms in total. The van der Waals surface area contributed by atoms with Crippen LogP contribution in [0.5, 0.6) is 0 Å². The van der Waals surface area contributed by atoms with Crippen molar-refractivity contribution in [3.05, 3.63) is 35.1 Å². The molecule has 4 heteroatoms. The lowest BCUT2D eigenvalue weighted by molar-refractivity contribution is -0.142. The van der Waals surface area contributed by atoms with Gasteiger partial charge >= 0.3 is 5.97 Å². The van der Waals surface area contributed by atoms with E-state index in [9.17, 15) is 9.18 Å². The molecule has 1 aliphatic rings. The smallest absolute Gasteiger partial charge is 0.308 e. The number of carboxylic acid groups (broad SMARTS) is 1. The molecule has 1 aliphatic heterocycles. The zero-order valence-electron chi connectivity index (χ0n) is 10.7. The van der Waals surface area contributed by atoms with Crippen molar-refractivity contribution < 1.29 is 14.3 Å². The van der Waals surface area contributed by atoms with Gasteiger partial charge in [0, 0.05) is 25.2 Å². The van der Waals surface area contributed by atoms with E-state index in [1.807, 2.05) is 24.8 Å². The lowest BCUT2D eigenvalue weighted by atomic mass is 9.99. The Balaban J connectivity index is 2.07. The van der Waals surface area contributed by atoms with Crippen LogP contribution in [0.15, 0.2) is 18.2 Å². The molecular weight excluding hydrogens is 233 g/mol. The highest BCUT2D eigenvalue weighted by Crippen LogP contribution is 2.25. The molecule has 0 saturated carbocycles. The summed E-state index contributed by atoms with van der Waals surface area (Å²) in [7, 11) is 0. The van der Waals surface area contributed by atoms with E-state index in [0.717, 1.165) is 5.56 Å². The Morgan fingerprint density at radius 2 is 2.22 bits per heavy atom. The van der Waals surface area contributed by atoms with Crippen molar-refractivity contribution in [2.75, 3.05) is 13.1 Å². The second-order valence-electron chi connectivity index (χ2n) is 5.21. The minimum absolute atomic E-state index is 0.121. The predicted molar refractivity (Wildman–Crippen MR) is 66.7 cm³/mol. The first-order valence-electron chi connectivity index (χ1n) is 6.17. The molecule has 98 valence electrons. The van der Waals surface area contributed by atoms with Crippen molar-refractivity contribution in [2.24, 2.45) is 11.8 Å². The normalized spacial score (nSPS) is 24.4. The van der Waals surface area contributed by atoms with Crippen molar-refractivity contribution in [2.45, 2.75) is 20.4 Å². The Hall–Kier alpha value is -1.42. The van der Waals surface area contributed by atoms with Crippen molar-refractivity contribution >= 4 is 5.97 Å². The number of nitrogens with zero attached hydrogens (tertiary/aromatic N) is 1. The van der Waals surface area contributed by atoms with E-state index in [4.69, 9.17) is 5.11 Å². The molecule has 0 aliphatic carbocycles. The van der Waals surface area contributed by atoms with Gasteiger partial charge in [0.2, 0.25) is 0 Å². The zero-order chi connectivity index (χ0) is 13.3. The number of aliphatic carboxylic acids is 1. The summed E-state index contributed by atoms with van der Waals surface area (Å²) in [6, 6.07) is 5.04. The van der Waals surface area contributed by atoms with Crippen LogP contribution in [0.3, 0.4) is 0 Å². The second-order valence-corrected chi connectivity index (χ2v) is 5.21. The molecule has 0 amide bonds. The summed E-state index contributed by atoms with van der Waals surface area (Å²) in [6.45, 7) is 5.57. The molecule has 2 atom stereocenters. The first kappa shape index (κ1) is 13.0. The number of hydrogen-bond donors (Lipinski definition) is 1. The van der Waals surface area contributed by atoms with Crippen molar-refractivity contribution in [3.63, 3.8) is 0 Å². The summed E-state index contributed by atoms with van der Waals surface area (Å²) >= 11 is 0. The maximum absolute atomic E-state index is 13.6. The Labute approximate surface area is 106 Å². The van der Waals surface area contributed by atoms with Crippen molar-refractivity contribution in [1.29, 1.82) is 0 Å². The van der Waals surface area contributed by atoms with Crippen LogP contribution < -0.4 is 0 Å². The standard InChI is InChI=1S/C14H18FNO2/c1-9-3-4-13(15)11(5-9)7-16-6-10(2)12(8-16)14(17)18/h3-5,10,12H,6-8H2,1-2H3,(H,17,18). The van der Waals surface area contributed by atoms with E-state index < -0.39 is 5.97 Å². The van der Waals surface area contributed by atoms with Crippen LogP contribution in [0.4, 0.5) is 4.39 Å². The minimum atomic E-state index is -0.755. The molecular formula is C14H18FNO2. The van der Waals surface area contributed by atoms with E-state index in [1.165, 1.54) is 6.07 Å². The van der Waals surface area contributed by atoms with Gasteiger partial charge in [-0.15, -0.1) is 0 Å². The molecule has 0 aromatic heterocycles. The topological polar surface area (TPSA) is 40.5 Å². The van der Waals surface area contributed by atoms with E-state index in [-0.39, 0.29) is 17.7 Å². The van der Waals surface area contributed by atoms with E-state index in [2.05, 4.69) is 0 Å². The SMILES string of the molecule is Cc1ccc(F)c(CN2CC(C)C(C(=O)O)C2)c1. The molecule has 1 aromatic carbocycles. The summed E-state index contributed by atoms with van der Waals surface area (Å²) in [5, 5.41) is 9.07. The third-order valence-corrected chi connectivity index (χ3v) is 3.60. The molecule has 1 heterocycles. The minimum Gasteiger partial charge on any atom is -0.481 e. The molecule has 1 saturated heterocycles. The maximum Gasteiger partial charge on any atom is 0.308 e. The van der Waals surface area contributed by atoms with Crippen LogP contribution in [0.2, 0.25) is 0 Å². The van der Waals surface area contributed by atoms with Gasteiger partial charge in [0.05, 0.1) is 5.92 Å². The van der Waals surface area contributed by atoms with Crippen LogP contribution in [-0.2, 0) is 11.3 Å². The van der Waals surface area contributed by atoms with Gasteiger partial charge in [0.25, 0.3) is 0 Å². The zero-order valence-corrected chi connectivity index (χ0v) is 10.7. The maximum atomic E-state index is 13.6. The van der Waals surface area contributed by atoms with Crippen molar-refractivity contribution in [3.8, 4) is 0 Å². The first-order valence-corrected chi connectivity index (χ1v) is 6.17. The average molecular weight is 251 g/mol. The summed E-state index contributed by atoms with van der Waals surface area (Å²) in [4.78, 5) is 13.0. The second kappa shape index (κ2) is 5.06. The fraction of sp³-hybridized carbons (Fsp3) is 0.500. The van der Waals surface area contributed by atoms with E-state index >= 15 is 0 Å². The number of carbonyl (C=O) groups is 1. The molecule has 1 aromatic rings. The molecule has 0 bridgehead atoms. The number of hydrogen-bond acceptors (Lipinski definition) is 2. The number of carboxylic acids is 1. The van der Waals surface area contributed by atoms with Gasteiger partial charge in [-0.1, -0.05) is 24.6 Å². The van der Waals surface area contributed by atoms with E-state index in [0.29, 0.717) is 25.2 Å². The summed E-state index contributed by atoms with van der Waals surface area (Å²) in [5.41, 5.74) is 1.67. The molecule has 18 heavy (non-hydrogen) atoms. The third kappa shape index (κ3) is 2.70. The van der Waals surface area contributed by atoms with Gasteiger partial charge in [-0.05, 0) is 18.9 Å². The number of likely N-dealkylation sites (tertiary alicyclic amines) is 1. The number of aryl methyl sites for hydroxylation is 1. The van der Waals surface area contributed by atoms with E-state index in [1.54, 1.807) is 6.07 Å². The van der Waals surface area contributed by atoms with Gasteiger partial charge in [0.15, 0.2) is 0 Å². The highest BCUT2D eigenvalue weighted by Gasteiger charge is 2.34.